The third-order valence-corrected chi connectivity index (χ3v) is 5.45. The van der Waals surface area contributed by atoms with Gasteiger partial charge in [-0.25, -0.2) is 0 Å². The summed E-state index contributed by atoms with van der Waals surface area (Å²) in [5.41, 5.74) is -1.17. The fraction of sp³-hybridized carbons (Fsp3) is 0.286. The predicted molar refractivity (Wildman–Crippen MR) is 107 cm³/mol. The molecule has 0 spiro atoms. The van der Waals surface area contributed by atoms with E-state index in [4.69, 9.17) is 9.15 Å². The van der Waals surface area contributed by atoms with E-state index in [1.807, 2.05) is 0 Å². The van der Waals surface area contributed by atoms with Crippen LogP contribution in [0.5, 0.6) is 23.0 Å². The van der Waals surface area contributed by atoms with Crippen LogP contribution in [0.25, 0.3) is 22.3 Å². The van der Waals surface area contributed by atoms with Crippen LogP contribution in [0, 0.1) is 0 Å². The highest BCUT2D eigenvalue weighted by atomic mass is 16.5. The van der Waals surface area contributed by atoms with Gasteiger partial charge >= 0.3 is 0 Å². The first-order chi connectivity index (χ1) is 15.1. The number of hydrogen-bond acceptors (Lipinski definition) is 11. The third-order valence-electron chi connectivity index (χ3n) is 5.45. The molecule has 8 N–H and O–H groups in total. The summed E-state index contributed by atoms with van der Waals surface area (Å²) < 4.78 is 11.0. The number of aliphatic hydroxyl groups excluding tert-OH is 4. The third kappa shape index (κ3) is 3.42. The van der Waals surface area contributed by atoms with Crippen molar-refractivity contribution in [2.75, 3.05) is 6.61 Å². The summed E-state index contributed by atoms with van der Waals surface area (Å²) in [6, 6.07) is 5.73. The SMILES string of the molecule is O=c1cc(-c2ccc(O)c(O)c2)oc2cc(O)c(C3O[C@H](CO)[C@@H](O)[C@H](O)[C@@H]3O)c(O)c12. The Hall–Kier alpha value is -3.35. The van der Waals surface area contributed by atoms with Crippen LogP contribution in [0.3, 0.4) is 0 Å². The molecule has 4 rings (SSSR count). The van der Waals surface area contributed by atoms with E-state index >= 15 is 0 Å². The van der Waals surface area contributed by atoms with E-state index in [1.165, 1.54) is 12.1 Å². The molecule has 0 bridgehead atoms. The van der Waals surface area contributed by atoms with Crippen LogP contribution in [-0.2, 0) is 4.74 Å². The fourth-order valence-corrected chi connectivity index (χ4v) is 3.74. The maximum absolute atomic E-state index is 12.8. The van der Waals surface area contributed by atoms with Gasteiger partial charge in [-0.3, -0.25) is 4.79 Å². The lowest BCUT2D eigenvalue weighted by Gasteiger charge is -2.40. The van der Waals surface area contributed by atoms with Gasteiger partial charge < -0.3 is 50.0 Å². The number of fused-ring (bicyclic) bond motifs is 1. The molecule has 1 aromatic heterocycles. The second-order valence-electron chi connectivity index (χ2n) is 7.46. The fourth-order valence-electron chi connectivity index (χ4n) is 3.74. The molecule has 0 aliphatic carbocycles. The Labute approximate surface area is 179 Å². The Morgan fingerprint density at radius 3 is 2.22 bits per heavy atom. The zero-order valence-corrected chi connectivity index (χ0v) is 16.3. The number of hydrogen-bond donors (Lipinski definition) is 8. The van der Waals surface area contributed by atoms with Crippen molar-refractivity contribution in [1.29, 1.82) is 0 Å². The normalized spacial score (nSPS) is 25.8. The maximum Gasteiger partial charge on any atom is 0.197 e. The first kappa shape index (κ1) is 21.9. The standard InChI is InChI=1S/C21H20O11/c22-6-14-17(27)19(29)20(30)21(32-14)16-11(26)5-13-15(18(16)28)10(25)4-12(31-13)7-1-2-8(23)9(24)3-7/h1-5,14,17,19-24,26-30H,6H2/t14-,17-,19+,20+,21?/m1/s1. The van der Waals surface area contributed by atoms with E-state index in [2.05, 4.69) is 0 Å². The molecule has 1 aliphatic heterocycles. The van der Waals surface area contributed by atoms with Gasteiger partial charge in [-0.15, -0.1) is 0 Å². The number of phenolic OH excluding ortho intramolecular Hbond substituents is 4. The number of phenols is 4. The summed E-state index contributed by atoms with van der Waals surface area (Å²) in [5.74, 6) is -2.28. The van der Waals surface area contributed by atoms with Crippen molar-refractivity contribution in [3.8, 4) is 34.3 Å². The van der Waals surface area contributed by atoms with E-state index in [1.54, 1.807) is 0 Å². The van der Waals surface area contributed by atoms with E-state index in [9.17, 15) is 45.6 Å². The second kappa shape index (κ2) is 7.97. The van der Waals surface area contributed by atoms with Gasteiger partial charge in [0.05, 0.1) is 12.2 Å². The summed E-state index contributed by atoms with van der Waals surface area (Å²) in [7, 11) is 0. The Balaban J connectivity index is 1.86. The Bertz CT molecular complexity index is 1230. The predicted octanol–water partition coefficient (Wildman–Crippen LogP) is -0.203. The van der Waals surface area contributed by atoms with E-state index in [-0.39, 0.29) is 28.0 Å². The van der Waals surface area contributed by atoms with Gasteiger partial charge in [0.2, 0.25) is 0 Å². The quantitative estimate of drug-likeness (QED) is 0.247. The summed E-state index contributed by atoms with van der Waals surface area (Å²) >= 11 is 0. The molecule has 0 saturated carbocycles. The first-order valence-corrected chi connectivity index (χ1v) is 9.49. The Morgan fingerprint density at radius 2 is 1.56 bits per heavy atom. The number of rotatable bonds is 3. The largest absolute Gasteiger partial charge is 0.507 e. The summed E-state index contributed by atoms with van der Waals surface area (Å²) in [6.45, 7) is -0.721. The van der Waals surface area contributed by atoms with Crippen molar-refractivity contribution < 1.29 is 50.0 Å². The van der Waals surface area contributed by atoms with Gasteiger partial charge in [-0.2, -0.15) is 0 Å². The van der Waals surface area contributed by atoms with Crippen LogP contribution in [0.2, 0.25) is 0 Å². The van der Waals surface area contributed by atoms with E-state index < -0.39 is 65.4 Å². The summed E-state index contributed by atoms with van der Waals surface area (Å²) in [5, 5.41) is 79.6. The van der Waals surface area contributed by atoms with Crippen molar-refractivity contribution in [2.24, 2.45) is 0 Å². The van der Waals surface area contributed by atoms with Crippen LogP contribution in [-0.4, -0.2) is 71.9 Å². The van der Waals surface area contributed by atoms with Crippen LogP contribution < -0.4 is 5.43 Å². The van der Waals surface area contributed by atoms with Crippen LogP contribution >= 0.6 is 0 Å². The van der Waals surface area contributed by atoms with Gasteiger partial charge in [-0.1, -0.05) is 0 Å². The first-order valence-electron chi connectivity index (χ1n) is 9.49. The van der Waals surface area contributed by atoms with Gasteiger partial charge in [0.1, 0.15) is 58.7 Å². The van der Waals surface area contributed by atoms with Crippen LogP contribution in [0.4, 0.5) is 0 Å². The zero-order valence-electron chi connectivity index (χ0n) is 16.3. The highest BCUT2D eigenvalue weighted by Crippen LogP contribution is 2.44. The number of aromatic hydroxyl groups is 4. The molecular weight excluding hydrogens is 428 g/mol. The monoisotopic (exact) mass is 448 g/mol. The molecule has 5 atom stereocenters. The van der Waals surface area contributed by atoms with Gasteiger partial charge in [0.25, 0.3) is 0 Å². The molecule has 1 fully saturated rings. The van der Waals surface area contributed by atoms with Gasteiger partial charge in [0, 0.05) is 17.7 Å². The lowest BCUT2D eigenvalue weighted by Crippen LogP contribution is -2.55. The Morgan fingerprint density at radius 1 is 0.844 bits per heavy atom. The Kier molecular flexibility index (Phi) is 5.44. The smallest absolute Gasteiger partial charge is 0.197 e. The van der Waals surface area contributed by atoms with Crippen molar-refractivity contribution in [2.45, 2.75) is 30.5 Å². The highest BCUT2D eigenvalue weighted by Gasteiger charge is 2.46. The molecule has 0 radical (unpaired) electrons. The van der Waals surface area contributed by atoms with Crippen LogP contribution in [0.15, 0.2) is 39.5 Å². The van der Waals surface area contributed by atoms with Crippen LogP contribution in [0.1, 0.15) is 11.7 Å². The topological polar surface area (TPSA) is 201 Å². The minimum Gasteiger partial charge on any atom is -0.507 e. The van der Waals surface area contributed by atoms with Gasteiger partial charge in [0.15, 0.2) is 16.9 Å². The number of ether oxygens (including phenoxy) is 1. The average molecular weight is 448 g/mol. The molecule has 11 nitrogen and oxygen atoms in total. The van der Waals surface area contributed by atoms with Crippen molar-refractivity contribution >= 4 is 11.0 Å². The molecule has 32 heavy (non-hydrogen) atoms. The summed E-state index contributed by atoms with van der Waals surface area (Å²) in [6.07, 6.45) is -8.09. The minimum absolute atomic E-state index is 0.0304. The lowest BCUT2D eigenvalue weighted by atomic mass is 9.89. The molecular formula is C21H20O11. The molecule has 3 aromatic rings. The number of aliphatic hydroxyl groups is 4. The van der Waals surface area contributed by atoms with E-state index in [0.717, 1.165) is 18.2 Å². The molecule has 1 unspecified atom stereocenters. The summed E-state index contributed by atoms with van der Waals surface area (Å²) in [4.78, 5) is 12.8. The molecule has 0 amide bonds. The molecule has 11 heteroatoms. The molecule has 1 saturated heterocycles. The average Bonchev–Trinajstić information content (AvgIpc) is 2.74. The van der Waals surface area contributed by atoms with Gasteiger partial charge in [-0.05, 0) is 18.2 Å². The van der Waals surface area contributed by atoms with Crippen molar-refractivity contribution in [1.82, 2.24) is 0 Å². The maximum atomic E-state index is 12.8. The zero-order chi connectivity index (χ0) is 23.3. The molecule has 2 aromatic carbocycles. The van der Waals surface area contributed by atoms with Crippen molar-refractivity contribution in [3.63, 3.8) is 0 Å². The minimum atomic E-state index is -1.80. The van der Waals surface area contributed by atoms with Crippen molar-refractivity contribution in [3.05, 3.63) is 46.1 Å². The highest BCUT2D eigenvalue weighted by molar-refractivity contribution is 5.88. The number of benzene rings is 2. The molecule has 2 heterocycles. The van der Waals surface area contributed by atoms with E-state index in [0.29, 0.717) is 0 Å². The molecule has 1 aliphatic rings. The second-order valence-corrected chi connectivity index (χ2v) is 7.46. The molecule has 170 valence electrons. The lowest BCUT2D eigenvalue weighted by molar-refractivity contribution is -0.232.